The van der Waals surface area contributed by atoms with Crippen molar-refractivity contribution in [2.45, 2.75) is 51.0 Å². The summed E-state index contributed by atoms with van der Waals surface area (Å²) in [5, 5.41) is 0. The maximum atomic E-state index is 13.0. The van der Waals surface area contributed by atoms with Gasteiger partial charge in [0.25, 0.3) is 5.91 Å². The molecule has 1 saturated heterocycles. The van der Waals surface area contributed by atoms with Gasteiger partial charge in [0.2, 0.25) is 10.0 Å². The Morgan fingerprint density at radius 2 is 2.04 bits per heavy atom. The van der Waals surface area contributed by atoms with Crippen LogP contribution in [0.4, 0.5) is 0 Å². The van der Waals surface area contributed by atoms with Crippen LogP contribution in [0.3, 0.4) is 0 Å². The van der Waals surface area contributed by atoms with Crippen molar-refractivity contribution in [3.8, 4) is 0 Å². The Morgan fingerprint density at radius 3 is 2.61 bits per heavy atom. The van der Waals surface area contributed by atoms with Gasteiger partial charge in [-0.3, -0.25) is 4.79 Å². The van der Waals surface area contributed by atoms with Crippen molar-refractivity contribution in [3.05, 3.63) is 18.0 Å². The highest BCUT2D eigenvalue weighted by Crippen LogP contribution is 2.25. The van der Waals surface area contributed by atoms with Crippen LogP contribution in [0.25, 0.3) is 0 Å². The zero-order valence-electron chi connectivity index (χ0n) is 17.6. The maximum Gasteiger partial charge on any atom is 0.270 e. The standard InChI is InChI=1S/C19H34N4O3S.ClH/c1-14(2)17(20)8-10-21(4)19(24)18-11-16(13-22(18)5)27(25,26)23-9-6-7-15(3)12-23;/h11,13-15,17H,6-10,12,20H2,1-5H3;1H. The number of sulfonamides is 1. The third kappa shape index (κ3) is 5.72. The van der Waals surface area contributed by atoms with Gasteiger partial charge in [0.1, 0.15) is 10.6 Å². The number of aromatic nitrogens is 1. The Kier molecular flexibility index (Phi) is 8.99. The SMILES string of the molecule is CC1CCCN(S(=O)(=O)c2cc(C(=O)N(C)CCC(N)C(C)C)n(C)c2)C1.Cl. The number of hydrogen-bond acceptors (Lipinski definition) is 4. The Morgan fingerprint density at radius 1 is 1.39 bits per heavy atom. The molecular weight excluding hydrogens is 400 g/mol. The number of rotatable bonds is 7. The summed E-state index contributed by atoms with van der Waals surface area (Å²) in [6, 6.07) is 1.53. The fraction of sp³-hybridized carbons (Fsp3) is 0.737. The first-order valence-electron chi connectivity index (χ1n) is 9.71. The predicted octanol–water partition coefficient (Wildman–Crippen LogP) is 2.31. The molecule has 0 aromatic carbocycles. The van der Waals surface area contributed by atoms with Gasteiger partial charge >= 0.3 is 0 Å². The lowest BCUT2D eigenvalue weighted by atomic mass is 10.0. The fourth-order valence-corrected chi connectivity index (χ4v) is 5.04. The van der Waals surface area contributed by atoms with E-state index in [0.29, 0.717) is 43.6 Å². The molecule has 7 nitrogen and oxygen atoms in total. The molecule has 1 amide bonds. The van der Waals surface area contributed by atoms with Gasteiger partial charge in [-0.15, -0.1) is 12.4 Å². The second kappa shape index (κ2) is 10.1. The summed E-state index contributed by atoms with van der Waals surface area (Å²) in [6.07, 6.45) is 4.17. The van der Waals surface area contributed by atoms with Crippen molar-refractivity contribution in [3.63, 3.8) is 0 Å². The van der Waals surface area contributed by atoms with Crippen molar-refractivity contribution < 1.29 is 13.2 Å². The molecule has 2 heterocycles. The minimum absolute atomic E-state index is 0. The molecule has 1 aromatic heterocycles. The molecule has 0 aliphatic carbocycles. The lowest BCUT2D eigenvalue weighted by Crippen LogP contribution is -2.38. The summed E-state index contributed by atoms with van der Waals surface area (Å²) in [7, 11) is -0.139. The molecule has 0 spiro atoms. The van der Waals surface area contributed by atoms with E-state index in [1.165, 1.54) is 16.6 Å². The number of aryl methyl sites for hydroxylation is 1. The lowest BCUT2D eigenvalue weighted by molar-refractivity contribution is 0.0779. The Bertz CT molecular complexity index is 763. The monoisotopic (exact) mass is 434 g/mol. The molecule has 162 valence electrons. The second-order valence-electron chi connectivity index (χ2n) is 8.21. The molecule has 1 fully saturated rings. The van der Waals surface area contributed by atoms with Crippen molar-refractivity contribution in [1.29, 1.82) is 0 Å². The molecular formula is C19H35ClN4O3S. The predicted molar refractivity (Wildman–Crippen MR) is 114 cm³/mol. The van der Waals surface area contributed by atoms with Crippen molar-refractivity contribution >= 4 is 28.3 Å². The molecule has 2 rings (SSSR count). The van der Waals surface area contributed by atoms with Crippen LogP contribution >= 0.6 is 12.4 Å². The van der Waals surface area contributed by atoms with Crippen LogP contribution in [0.5, 0.6) is 0 Å². The highest BCUT2D eigenvalue weighted by Gasteiger charge is 2.31. The van der Waals surface area contributed by atoms with E-state index in [2.05, 4.69) is 20.8 Å². The summed E-state index contributed by atoms with van der Waals surface area (Å²) in [4.78, 5) is 14.6. The van der Waals surface area contributed by atoms with E-state index >= 15 is 0 Å². The highest BCUT2D eigenvalue weighted by atomic mass is 35.5. The van der Waals surface area contributed by atoms with E-state index in [4.69, 9.17) is 5.73 Å². The minimum atomic E-state index is -3.57. The van der Waals surface area contributed by atoms with Gasteiger partial charge in [0, 0.05) is 46.0 Å². The van der Waals surface area contributed by atoms with E-state index in [1.807, 2.05) is 0 Å². The molecule has 0 radical (unpaired) electrons. The van der Waals surface area contributed by atoms with Gasteiger partial charge in [-0.25, -0.2) is 8.42 Å². The zero-order valence-corrected chi connectivity index (χ0v) is 19.2. The van der Waals surface area contributed by atoms with Crippen molar-refractivity contribution in [1.82, 2.24) is 13.8 Å². The smallest absolute Gasteiger partial charge is 0.270 e. The summed E-state index contributed by atoms with van der Waals surface area (Å²) >= 11 is 0. The summed E-state index contributed by atoms with van der Waals surface area (Å²) in [5.41, 5.74) is 6.43. The van der Waals surface area contributed by atoms with Gasteiger partial charge in [-0.05, 0) is 37.2 Å². The second-order valence-corrected chi connectivity index (χ2v) is 10.1. The Hall–Kier alpha value is -1.09. The van der Waals surface area contributed by atoms with Crippen LogP contribution < -0.4 is 5.73 Å². The van der Waals surface area contributed by atoms with Gasteiger partial charge in [-0.2, -0.15) is 4.31 Å². The number of hydrogen-bond donors (Lipinski definition) is 1. The third-order valence-electron chi connectivity index (χ3n) is 5.46. The van der Waals surface area contributed by atoms with E-state index in [9.17, 15) is 13.2 Å². The molecule has 28 heavy (non-hydrogen) atoms. The van der Waals surface area contributed by atoms with Crippen LogP contribution in [0.15, 0.2) is 17.2 Å². The van der Waals surface area contributed by atoms with Crippen molar-refractivity contribution in [2.75, 3.05) is 26.7 Å². The largest absolute Gasteiger partial charge is 0.345 e. The number of carbonyl (C=O) groups excluding carboxylic acids is 1. The minimum Gasteiger partial charge on any atom is -0.345 e. The summed E-state index contributed by atoms with van der Waals surface area (Å²) in [6.45, 7) is 7.80. The van der Waals surface area contributed by atoms with Crippen LogP contribution in [-0.2, 0) is 17.1 Å². The van der Waals surface area contributed by atoms with Crippen LogP contribution in [-0.4, -0.2) is 60.8 Å². The number of nitrogens with two attached hydrogens (primary N) is 1. The number of nitrogens with zero attached hydrogens (tertiary/aromatic N) is 3. The number of amides is 1. The fourth-order valence-electron chi connectivity index (χ4n) is 3.37. The number of carbonyl (C=O) groups is 1. The molecule has 2 N–H and O–H groups in total. The molecule has 1 aromatic rings. The molecule has 1 aliphatic rings. The van der Waals surface area contributed by atoms with Gasteiger partial charge in [-0.1, -0.05) is 20.8 Å². The molecule has 2 atom stereocenters. The first-order valence-corrected chi connectivity index (χ1v) is 11.2. The van der Waals surface area contributed by atoms with Crippen LogP contribution in [0.2, 0.25) is 0 Å². The third-order valence-corrected chi connectivity index (χ3v) is 7.29. The van der Waals surface area contributed by atoms with E-state index in [0.717, 1.165) is 12.8 Å². The Balaban J connectivity index is 0.00000392. The van der Waals surface area contributed by atoms with Gasteiger partial charge < -0.3 is 15.2 Å². The molecule has 0 saturated carbocycles. The molecule has 2 unspecified atom stereocenters. The van der Waals surface area contributed by atoms with Gasteiger partial charge in [0.15, 0.2) is 0 Å². The maximum absolute atomic E-state index is 13.0. The Labute approximate surface area is 175 Å². The quantitative estimate of drug-likeness (QED) is 0.713. The normalized spacial score (nSPS) is 19.3. The first-order chi connectivity index (χ1) is 12.5. The molecule has 0 bridgehead atoms. The first kappa shape index (κ1) is 24.9. The lowest BCUT2D eigenvalue weighted by Gasteiger charge is -2.29. The van der Waals surface area contributed by atoms with Gasteiger partial charge in [0.05, 0.1) is 0 Å². The summed E-state index contributed by atoms with van der Waals surface area (Å²) < 4.78 is 29.0. The van der Waals surface area contributed by atoms with E-state index < -0.39 is 10.0 Å². The van der Waals surface area contributed by atoms with Crippen LogP contribution in [0.1, 0.15) is 50.5 Å². The topological polar surface area (TPSA) is 88.6 Å². The average molecular weight is 435 g/mol. The number of piperidine rings is 1. The number of halogens is 1. The highest BCUT2D eigenvalue weighted by molar-refractivity contribution is 7.89. The molecule has 9 heteroatoms. The van der Waals surface area contributed by atoms with Crippen molar-refractivity contribution in [2.24, 2.45) is 24.6 Å². The van der Waals surface area contributed by atoms with Crippen LogP contribution in [0, 0.1) is 11.8 Å². The molecule has 1 aliphatic heterocycles. The van der Waals surface area contributed by atoms with E-state index in [1.54, 1.807) is 23.6 Å². The summed E-state index contributed by atoms with van der Waals surface area (Å²) in [5.74, 6) is 0.517. The zero-order chi connectivity index (χ0) is 20.4. The van der Waals surface area contributed by atoms with E-state index in [-0.39, 0.29) is 29.3 Å². The average Bonchev–Trinajstić information content (AvgIpc) is 3.01.